The van der Waals surface area contributed by atoms with E-state index < -0.39 is 5.60 Å². The van der Waals surface area contributed by atoms with Gasteiger partial charge in [0.2, 0.25) is 0 Å². The Bertz CT molecular complexity index is 427. The molecule has 0 radical (unpaired) electrons. The molecule has 0 saturated carbocycles. The molecule has 0 aliphatic heterocycles. The molecule has 0 aliphatic carbocycles. The van der Waals surface area contributed by atoms with Crippen LogP contribution in [0.1, 0.15) is 20.8 Å². The van der Waals surface area contributed by atoms with E-state index in [0.29, 0.717) is 11.4 Å². The van der Waals surface area contributed by atoms with Crippen molar-refractivity contribution in [3.63, 3.8) is 0 Å². The number of ether oxygens (including phenoxy) is 2. The smallest absolute Gasteiger partial charge is 0.316 e. The van der Waals surface area contributed by atoms with Crippen molar-refractivity contribution in [3.05, 3.63) is 18.2 Å². The Morgan fingerprint density at radius 1 is 1.33 bits per heavy atom. The van der Waals surface area contributed by atoms with Gasteiger partial charge in [-0.05, 0) is 32.9 Å². The summed E-state index contributed by atoms with van der Waals surface area (Å²) < 4.78 is 10.3. The van der Waals surface area contributed by atoms with Crippen LogP contribution in [0.4, 0.5) is 5.69 Å². The van der Waals surface area contributed by atoms with Gasteiger partial charge in [-0.2, -0.15) is 0 Å². The van der Waals surface area contributed by atoms with Crippen LogP contribution in [0.15, 0.2) is 23.1 Å². The molecule has 4 nitrogen and oxygen atoms in total. The van der Waals surface area contributed by atoms with Gasteiger partial charge in [-0.3, -0.25) is 4.79 Å². The van der Waals surface area contributed by atoms with E-state index in [1.807, 2.05) is 26.8 Å². The molecule has 0 aliphatic rings. The Labute approximate surface area is 112 Å². The van der Waals surface area contributed by atoms with Gasteiger partial charge < -0.3 is 15.2 Å². The zero-order chi connectivity index (χ0) is 13.8. The second-order valence-corrected chi connectivity index (χ2v) is 5.87. The van der Waals surface area contributed by atoms with Crippen molar-refractivity contribution in [2.45, 2.75) is 31.3 Å². The minimum absolute atomic E-state index is 0.242. The number of benzene rings is 1. The van der Waals surface area contributed by atoms with Gasteiger partial charge in [-0.15, -0.1) is 11.8 Å². The van der Waals surface area contributed by atoms with Crippen LogP contribution in [0.3, 0.4) is 0 Å². The maximum Gasteiger partial charge on any atom is 0.316 e. The fourth-order valence-corrected chi connectivity index (χ4v) is 2.07. The summed E-state index contributed by atoms with van der Waals surface area (Å²) in [6.45, 7) is 5.54. The summed E-state index contributed by atoms with van der Waals surface area (Å²) in [4.78, 5) is 12.5. The number of carbonyl (C=O) groups excluding carboxylic acids is 1. The van der Waals surface area contributed by atoms with Crippen molar-refractivity contribution in [2.24, 2.45) is 0 Å². The lowest BCUT2D eigenvalue weighted by atomic mass is 10.2. The zero-order valence-corrected chi connectivity index (χ0v) is 12.0. The molecule has 0 spiro atoms. The van der Waals surface area contributed by atoms with Gasteiger partial charge in [0.1, 0.15) is 11.4 Å². The molecular weight excluding hydrogens is 250 g/mol. The zero-order valence-electron chi connectivity index (χ0n) is 11.1. The van der Waals surface area contributed by atoms with Gasteiger partial charge in [-0.25, -0.2) is 0 Å². The van der Waals surface area contributed by atoms with E-state index in [9.17, 15) is 4.79 Å². The molecule has 100 valence electrons. The average molecular weight is 269 g/mol. The van der Waals surface area contributed by atoms with Crippen LogP contribution in [-0.2, 0) is 9.53 Å². The number of carbonyl (C=O) groups is 1. The van der Waals surface area contributed by atoms with Crippen molar-refractivity contribution in [2.75, 3.05) is 18.6 Å². The third-order valence-electron chi connectivity index (χ3n) is 1.91. The van der Waals surface area contributed by atoms with Crippen LogP contribution < -0.4 is 10.5 Å². The number of anilines is 1. The van der Waals surface area contributed by atoms with Crippen molar-refractivity contribution >= 4 is 23.4 Å². The molecule has 0 bridgehead atoms. The first kappa shape index (κ1) is 14.7. The summed E-state index contributed by atoms with van der Waals surface area (Å²) >= 11 is 1.38. The third kappa shape index (κ3) is 5.31. The molecule has 18 heavy (non-hydrogen) atoms. The van der Waals surface area contributed by atoms with Crippen molar-refractivity contribution in [1.29, 1.82) is 0 Å². The molecule has 1 aromatic rings. The van der Waals surface area contributed by atoms with E-state index in [1.165, 1.54) is 11.8 Å². The minimum atomic E-state index is -0.453. The summed E-state index contributed by atoms with van der Waals surface area (Å²) in [6.07, 6.45) is 0. The van der Waals surface area contributed by atoms with Crippen molar-refractivity contribution in [3.8, 4) is 5.75 Å². The number of rotatable bonds is 4. The average Bonchev–Trinajstić information content (AvgIpc) is 2.23. The lowest BCUT2D eigenvalue weighted by Gasteiger charge is -2.19. The topological polar surface area (TPSA) is 61.5 Å². The normalized spacial score (nSPS) is 11.1. The van der Waals surface area contributed by atoms with E-state index in [1.54, 1.807) is 19.2 Å². The predicted octanol–water partition coefficient (Wildman–Crippen LogP) is 2.71. The molecule has 0 fully saturated rings. The van der Waals surface area contributed by atoms with Crippen molar-refractivity contribution in [1.82, 2.24) is 0 Å². The molecule has 0 atom stereocenters. The van der Waals surface area contributed by atoms with E-state index in [2.05, 4.69) is 0 Å². The molecule has 0 amide bonds. The van der Waals surface area contributed by atoms with Crippen LogP contribution in [-0.4, -0.2) is 24.4 Å². The quantitative estimate of drug-likeness (QED) is 0.517. The fourth-order valence-electron chi connectivity index (χ4n) is 1.31. The highest BCUT2D eigenvalue weighted by molar-refractivity contribution is 8.00. The van der Waals surface area contributed by atoms with E-state index in [-0.39, 0.29) is 11.7 Å². The summed E-state index contributed by atoms with van der Waals surface area (Å²) in [5.41, 5.74) is 5.89. The summed E-state index contributed by atoms with van der Waals surface area (Å²) in [6, 6.07) is 5.38. The van der Waals surface area contributed by atoms with Gasteiger partial charge in [-0.1, -0.05) is 0 Å². The van der Waals surface area contributed by atoms with Crippen LogP contribution >= 0.6 is 11.8 Å². The minimum Gasteiger partial charge on any atom is -0.497 e. The molecule has 0 heterocycles. The van der Waals surface area contributed by atoms with Crippen LogP contribution in [0.25, 0.3) is 0 Å². The van der Waals surface area contributed by atoms with Crippen LogP contribution in [0, 0.1) is 0 Å². The summed E-state index contributed by atoms with van der Waals surface area (Å²) in [5.74, 6) is 0.694. The second-order valence-electron chi connectivity index (χ2n) is 4.82. The molecule has 0 saturated heterocycles. The van der Waals surface area contributed by atoms with E-state index >= 15 is 0 Å². The molecular formula is C13H19NO3S. The van der Waals surface area contributed by atoms with Crippen LogP contribution in [0.5, 0.6) is 5.75 Å². The number of nitrogen functional groups attached to an aromatic ring is 1. The Hall–Kier alpha value is -1.36. The van der Waals surface area contributed by atoms with Gasteiger partial charge in [0, 0.05) is 16.6 Å². The van der Waals surface area contributed by atoms with Gasteiger partial charge >= 0.3 is 5.97 Å². The summed E-state index contributed by atoms with van der Waals surface area (Å²) in [7, 11) is 1.58. The van der Waals surface area contributed by atoms with Crippen molar-refractivity contribution < 1.29 is 14.3 Å². The Kier molecular flexibility index (Phi) is 4.90. The SMILES string of the molecule is COc1cc(N)cc(SCC(=O)OC(C)(C)C)c1. The molecule has 2 N–H and O–H groups in total. The highest BCUT2D eigenvalue weighted by atomic mass is 32.2. The van der Waals surface area contributed by atoms with E-state index in [0.717, 1.165) is 4.90 Å². The fraction of sp³-hybridized carbons (Fsp3) is 0.462. The number of hydrogen-bond acceptors (Lipinski definition) is 5. The molecule has 0 unspecified atom stereocenters. The molecule has 1 aromatic carbocycles. The van der Waals surface area contributed by atoms with Crippen LogP contribution in [0.2, 0.25) is 0 Å². The molecule has 0 aromatic heterocycles. The monoisotopic (exact) mass is 269 g/mol. The highest BCUT2D eigenvalue weighted by Gasteiger charge is 2.16. The molecule has 5 heteroatoms. The first-order valence-electron chi connectivity index (χ1n) is 5.59. The van der Waals surface area contributed by atoms with Gasteiger partial charge in [0.25, 0.3) is 0 Å². The Balaban J connectivity index is 2.58. The highest BCUT2D eigenvalue weighted by Crippen LogP contribution is 2.26. The third-order valence-corrected chi connectivity index (χ3v) is 2.86. The summed E-state index contributed by atoms with van der Waals surface area (Å²) in [5, 5.41) is 0. The Morgan fingerprint density at radius 2 is 2.00 bits per heavy atom. The largest absolute Gasteiger partial charge is 0.497 e. The molecule has 1 rings (SSSR count). The maximum atomic E-state index is 11.6. The number of esters is 1. The standard InChI is InChI=1S/C13H19NO3S/c1-13(2,3)17-12(15)8-18-11-6-9(14)5-10(7-11)16-4/h5-7H,8,14H2,1-4H3. The van der Waals surface area contributed by atoms with Gasteiger partial charge in [0.05, 0.1) is 12.9 Å². The number of thioether (sulfide) groups is 1. The first-order chi connectivity index (χ1) is 8.30. The maximum absolute atomic E-state index is 11.6. The first-order valence-corrected chi connectivity index (χ1v) is 6.58. The lowest BCUT2D eigenvalue weighted by molar-refractivity contribution is -0.151. The Morgan fingerprint density at radius 3 is 2.56 bits per heavy atom. The second kappa shape index (κ2) is 6.00. The van der Waals surface area contributed by atoms with E-state index in [4.69, 9.17) is 15.2 Å². The van der Waals surface area contributed by atoms with Gasteiger partial charge in [0.15, 0.2) is 0 Å². The lowest BCUT2D eigenvalue weighted by Crippen LogP contribution is -2.24. The number of hydrogen-bond donors (Lipinski definition) is 1. The number of nitrogens with two attached hydrogens (primary N) is 1. The number of methoxy groups -OCH3 is 1. The predicted molar refractivity (Wildman–Crippen MR) is 74.0 cm³/mol.